The summed E-state index contributed by atoms with van der Waals surface area (Å²) in [6.07, 6.45) is 0. The first-order chi connectivity index (χ1) is 20.7. The van der Waals surface area contributed by atoms with E-state index >= 15 is 0 Å². The quantitative estimate of drug-likeness (QED) is 0.212. The van der Waals surface area contributed by atoms with Gasteiger partial charge >= 0.3 is 0 Å². The van der Waals surface area contributed by atoms with E-state index in [4.69, 9.17) is 9.97 Å². The molecule has 3 heterocycles. The fourth-order valence-electron chi connectivity index (χ4n) is 6.64. The number of fused-ring (bicyclic) bond motifs is 11. The van der Waals surface area contributed by atoms with Crippen molar-refractivity contribution < 1.29 is 0 Å². The topological polar surface area (TPSA) is 30.7 Å². The molecule has 0 amide bonds. The molecule has 0 N–H and O–H groups in total. The van der Waals surface area contributed by atoms with E-state index in [1.165, 1.54) is 58.4 Å². The van der Waals surface area contributed by atoms with Crippen molar-refractivity contribution in [3.8, 4) is 17.2 Å². The van der Waals surface area contributed by atoms with Crippen molar-refractivity contribution in [3.05, 3.63) is 126 Å². The molecule has 0 spiro atoms. The standard InChI is InChI=1S/C38H25N3S/c1-22-16-18-31-28(20-22)33-25-12-6-7-13-26(25)37-34(29-21-23(2)17-19-32(29)42-37)36(33)41(31)38-39-30-15-9-8-14-27(30)35(40-38)24-10-4-3-5-11-24/h3-21H,1-2H3. The number of hydrogen-bond acceptors (Lipinski definition) is 3. The zero-order valence-electron chi connectivity index (χ0n) is 23.2. The fraction of sp³-hybridized carbons (Fsp3) is 0.0526. The Morgan fingerprint density at radius 2 is 1.26 bits per heavy atom. The minimum atomic E-state index is 0.694. The van der Waals surface area contributed by atoms with Crippen LogP contribution < -0.4 is 0 Å². The van der Waals surface area contributed by atoms with Crippen LogP contribution in [-0.4, -0.2) is 14.5 Å². The molecule has 0 aliphatic heterocycles. The van der Waals surface area contributed by atoms with E-state index in [1.54, 1.807) is 0 Å². The number of aryl methyl sites for hydroxylation is 2. The molecule has 0 radical (unpaired) electrons. The number of nitrogens with zero attached hydrogens (tertiary/aromatic N) is 3. The molecule has 0 unspecified atom stereocenters. The van der Waals surface area contributed by atoms with Crippen molar-refractivity contribution in [2.45, 2.75) is 13.8 Å². The van der Waals surface area contributed by atoms with E-state index in [2.05, 4.69) is 134 Å². The molecule has 6 aromatic carbocycles. The molecule has 0 saturated heterocycles. The summed E-state index contributed by atoms with van der Waals surface area (Å²) in [5.41, 5.74) is 7.76. The van der Waals surface area contributed by atoms with Crippen LogP contribution in [0.15, 0.2) is 115 Å². The molecular weight excluding hydrogens is 531 g/mol. The lowest BCUT2D eigenvalue weighted by Crippen LogP contribution is -2.03. The predicted molar refractivity (Wildman–Crippen MR) is 179 cm³/mol. The minimum absolute atomic E-state index is 0.694. The molecule has 9 aromatic rings. The van der Waals surface area contributed by atoms with Crippen molar-refractivity contribution in [3.63, 3.8) is 0 Å². The van der Waals surface area contributed by atoms with Crippen LogP contribution in [0, 0.1) is 13.8 Å². The van der Waals surface area contributed by atoms with Gasteiger partial charge in [0.1, 0.15) is 0 Å². The Balaban J connectivity index is 1.56. The smallest absolute Gasteiger partial charge is 0.235 e. The second-order valence-corrected chi connectivity index (χ2v) is 12.2. The highest BCUT2D eigenvalue weighted by molar-refractivity contribution is 7.27. The molecule has 0 bridgehead atoms. The molecule has 0 saturated carbocycles. The fourth-order valence-corrected chi connectivity index (χ4v) is 7.86. The number of para-hydroxylation sites is 1. The number of aromatic nitrogens is 3. The Morgan fingerprint density at radius 1 is 0.571 bits per heavy atom. The minimum Gasteiger partial charge on any atom is -0.277 e. The first-order valence-electron chi connectivity index (χ1n) is 14.3. The summed E-state index contributed by atoms with van der Waals surface area (Å²) < 4.78 is 4.93. The van der Waals surface area contributed by atoms with Gasteiger partial charge in [-0.05, 0) is 49.6 Å². The van der Waals surface area contributed by atoms with Gasteiger partial charge in [0.2, 0.25) is 5.95 Å². The van der Waals surface area contributed by atoms with Crippen molar-refractivity contribution in [1.29, 1.82) is 0 Å². The number of thiophene rings is 1. The van der Waals surface area contributed by atoms with Crippen LogP contribution in [0.25, 0.3) is 80.9 Å². The van der Waals surface area contributed by atoms with Crippen LogP contribution in [0.5, 0.6) is 0 Å². The second kappa shape index (κ2) is 8.72. The third-order valence-electron chi connectivity index (χ3n) is 8.48. The number of rotatable bonds is 2. The maximum Gasteiger partial charge on any atom is 0.235 e. The van der Waals surface area contributed by atoms with Crippen LogP contribution in [0.3, 0.4) is 0 Å². The van der Waals surface area contributed by atoms with E-state index in [0.717, 1.165) is 27.7 Å². The molecule has 0 aliphatic carbocycles. The molecule has 9 rings (SSSR count). The van der Waals surface area contributed by atoms with E-state index in [1.807, 2.05) is 11.3 Å². The molecular formula is C38H25N3S. The maximum absolute atomic E-state index is 5.36. The van der Waals surface area contributed by atoms with Gasteiger partial charge in [-0.3, -0.25) is 4.57 Å². The van der Waals surface area contributed by atoms with E-state index in [-0.39, 0.29) is 0 Å². The van der Waals surface area contributed by atoms with Crippen LogP contribution >= 0.6 is 11.3 Å². The Morgan fingerprint density at radius 3 is 2.10 bits per heavy atom. The van der Waals surface area contributed by atoms with Crippen molar-refractivity contribution in [1.82, 2.24) is 14.5 Å². The largest absolute Gasteiger partial charge is 0.277 e. The lowest BCUT2D eigenvalue weighted by molar-refractivity contribution is 1.02. The first-order valence-corrected chi connectivity index (χ1v) is 15.1. The molecule has 0 fully saturated rings. The first kappa shape index (κ1) is 23.6. The molecule has 3 nitrogen and oxygen atoms in total. The van der Waals surface area contributed by atoms with Gasteiger partial charge in [-0.15, -0.1) is 11.3 Å². The lowest BCUT2D eigenvalue weighted by atomic mass is 9.99. The highest BCUT2D eigenvalue weighted by Gasteiger charge is 2.24. The van der Waals surface area contributed by atoms with E-state index < -0.39 is 0 Å². The van der Waals surface area contributed by atoms with Crippen LogP contribution in [0.4, 0.5) is 0 Å². The van der Waals surface area contributed by atoms with Gasteiger partial charge in [0.25, 0.3) is 0 Å². The van der Waals surface area contributed by atoms with Gasteiger partial charge < -0.3 is 0 Å². The maximum atomic E-state index is 5.36. The van der Waals surface area contributed by atoms with Gasteiger partial charge in [0.15, 0.2) is 0 Å². The monoisotopic (exact) mass is 555 g/mol. The Labute approximate surface area is 246 Å². The summed E-state index contributed by atoms with van der Waals surface area (Å²) in [6.45, 7) is 4.35. The second-order valence-electron chi connectivity index (χ2n) is 11.2. The highest BCUT2D eigenvalue weighted by atomic mass is 32.1. The third-order valence-corrected chi connectivity index (χ3v) is 9.69. The summed E-state index contributed by atoms with van der Waals surface area (Å²) in [5, 5.41) is 8.67. The van der Waals surface area contributed by atoms with Crippen LogP contribution in [0.1, 0.15) is 11.1 Å². The van der Waals surface area contributed by atoms with Gasteiger partial charge in [-0.25, -0.2) is 9.97 Å². The van der Waals surface area contributed by atoms with Crippen LogP contribution in [-0.2, 0) is 0 Å². The average Bonchev–Trinajstić information content (AvgIpc) is 3.56. The number of hydrogen-bond donors (Lipinski definition) is 0. The van der Waals surface area contributed by atoms with Crippen molar-refractivity contribution >= 4 is 75.0 Å². The highest BCUT2D eigenvalue weighted by Crippen LogP contribution is 2.48. The summed E-state index contributed by atoms with van der Waals surface area (Å²) >= 11 is 1.88. The molecule has 3 aromatic heterocycles. The van der Waals surface area contributed by atoms with Crippen molar-refractivity contribution in [2.75, 3.05) is 0 Å². The zero-order chi connectivity index (χ0) is 27.9. The Bertz CT molecular complexity index is 2540. The molecule has 0 aliphatic rings. The predicted octanol–water partition coefficient (Wildman–Crippen LogP) is 10.5. The summed E-state index contributed by atoms with van der Waals surface area (Å²) in [7, 11) is 0. The molecule has 42 heavy (non-hydrogen) atoms. The Hall–Kier alpha value is -5.06. The molecule has 198 valence electrons. The van der Waals surface area contributed by atoms with Crippen molar-refractivity contribution in [2.24, 2.45) is 0 Å². The van der Waals surface area contributed by atoms with Gasteiger partial charge in [-0.2, -0.15) is 0 Å². The van der Waals surface area contributed by atoms with Gasteiger partial charge in [-0.1, -0.05) is 96.1 Å². The molecule has 4 heteroatoms. The van der Waals surface area contributed by atoms with E-state index in [0.29, 0.717) is 5.95 Å². The molecule has 0 atom stereocenters. The SMILES string of the molecule is Cc1ccc2sc3c4ccccc4c4c5cc(C)ccc5n(-c5nc(-c6ccccc6)c6ccccc6n5)c4c3c2c1. The zero-order valence-corrected chi connectivity index (χ0v) is 24.0. The van der Waals surface area contributed by atoms with Gasteiger partial charge in [0.05, 0.1) is 22.2 Å². The summed E-state index contributed by atoms with van der Waals surface area (Å²) in [5.74, 6) is 0.694. The third kappa shape index (κ3) is 3.27. The van der Waals surface area contributed by atoms with Crippen LogP contribution in [0.2, 0.25) is 0 Å². The average molecular weight is 556 g/mol. The summed E-state index contributed by atoms with van der Waals surface area (Å²) in [6, 6.07) is 41.3. The number of benzene rings is 6. The normalized spacial score (nSPS) is 12.0. The van der Waals surface area contributed by atoms with Gasteiger partial charge in [0, 0.05) is 47.3 Å². The summed E-state index contributed by atoms with van der Waals surface area (Å²) in [4.78, 5) is 10.6. The Kier molecular flexibility index (Phi) is 4.90. The lowest BCUT2D eigenvalue weighted by Gasteiger charge is -2.13. The van der Waals surface area contributed by atoms with E-state index in [9.17, 15) is 0 Å².